The van der Waals surface area contributed by atoms with E-state index in [1.807, 2.05) is 47.0 Å². The Morgan fingerprint density at radius 1 is 1.28 bits per heavy atom. The predicted molar refractivity (Wildman–Crippen MR) is 95.3 cm³/mol. The lowest BCUT2D eigenvalue weighted by molar-refractivity contribution is -0.124. The molecule has 1 saturated heterocycles. The van der Waals surface area contributed by atoms with Crippen LogP contribution >= 0.6 is 0 Å². The number of nitrogens with zero attached hydrogens (tertiary/aromatic N) is 3. The third kappa shape index (κ3) is 3.38. The molecular weight excluding hydrogens is 320 g/mol. The molecule has 0 saturated carbocycles. The second kappa shape index (κ2) is 7.25. The number of hydrogen-bond donors (Lipinski definition) is 1. The summed E-state index contributed by atoms with van der Waals surface area (Å²) in [5.41, 5.74) is 7.13. The fourth-order valence-electron chi connectivity index (χ4n) is 3.33. The number of methoxy groups -OCH3 is 1. The number of hydrogen-bond acceptors (Lipinski definition) is 4. The molecule has 2 heterocycles. The predicted octanol–water partition coefficient (Wildman–Crippen LogP) is 0.529. The van der Waals surface area contributed by atoms with Gasteiger partial charge in [0.1, 0.15) is 6.04 Å². The van der Waals surface area contributed by atoms with Gasteiger partial charge in [-0.3, -0.25) is 14.5 Å². The summed E-state index contributed by atoms with van der Waals surface area (Å²) in [4.78, 5) is 28.3. The minimum atomic E-state index is -0.445. The van der Waals surface area contributed by atoms with Gasteiger partial charge in [-0.15, -0.1) is 0 Å². The maximum atomic E-state index is 13.1. The molecule has 7 heteroatoms. The summed E-state index contributed by atoms with van der Waals surface area (Å²) in [5.74, 6) is -0.464. The average Bonchev–Trinajstić information content (AvgIpc) is 2.98. The number of piperazine rings is 1. The number of aromatic nitrogens is 1. The third-order valence-corrected chi connectivity index (χ3v) is 4.82. The summed E-state index contributed by atoms with van der Waals surface area (Å²) in [6, 6.07) is 7.39. The number of carbonyl (C=O) groups is 2. The molecule has 1 aliphatic rings. The zero-order valence-electron chi connectivity index (χ0n) is 14.6. The first kappa shape index (κ1) is 17.4. The molecule has 2 amide bonds. The molecule has 1 aliphatic heterocycles. The van der Waals surface area contributed by atoms with Crippen LogP contribution in [0.4, 0.5) is 0 Å². The lowest BCUT2D eigenvalue weighted by Gasteiger charge is -2.37. The van der Waals surface area contributed by atoms with Gasteiger partial charge in [0.25, 0.3) is 5.91 Å². The Morgan fingerprint density at radius 3 is 2.76 bits per heavy atom. The average molecular weight is 344 g/mol. The summed E-state index contributed by atoms with van der Waals surface area (Å²) in [5, 5.41) is 0.915. The molecule has 2 aromatic rings. The Balaban J connectivity index is 1.90. The van der Waals surface area contributed by atoms with E-state index in [0.717, 1.165) is 10.9 Å². The quantitative estimate of drug-likeness (QED) is 0.858. The van der Waals surface area contributed by atoms with Crippen molar-refractivity contribution in [2.45, 2.75) is 12.6 Å². The van der Waals surface area contributed by atoms with Crippen molar-refractivity contribution < 1.29 is 14.3 Å². The zero-order chi connectivity index (χ0) is 18.0. The lowest BCUT2D eigenvalue weighted by Crippen LogP contribution is -2.57. The standard InChI is InChI=1S/C18H24N4O3/c1-20-7-8-22(12-16(20)17(19)23)18(24)14-11-21(9-10-25-2)15-6-4-3-5-13(14)15/h3-6,11,16H,7-10,12H2,1-2H3,(H2,19,23). The number of amides is 2. The second-order valence-electron chi connectivity index (χ2n) is 6.40. The van der Waals surface area contributed by atoms with Gasteiger partial charge in [0.05, 0.1) is 12.2 Å². The van der Waals surface area contributed by atoms with Gasteiger partial charge in [0.2, 0.25) is 5.91 Å². The number of rotatable bonds is 5. The van der Waals surface area contributed by atoms with Gasteiger partial charge in [-0.25, -0.2) is 0 Å². The monoisotopic (exact) mass is 344 g/mol. The van der Waals surface area contributed by atoms with E-state index >= 15 is 0 Å². The van der Waals surface area contributed by atoms with E-state index in [1.165, 1.54) is 0 Å². The number of ether oxygens (including phenoxy) is 1. The van der Waals surface area contributed by atoms with Gasteiger partial charge in [-0.2, -0.15) is 0 Å². The molecule has 25 heavy (non-hydrogen) atoms. The molecule has 0 aliphatic carbocycles. The maximum absolute atomic E-state index is 13.1. The van der Waals surface area contributed by atoms with Gasteiger partial charge < -0.3 is 19.9 Å². The molecule has 0 radical (unpaired) electrons. The number of fused-ring (bicyclic) bond motifs is 1. The van der Waals surface area contributed by atoms with Crippen molar-refractivity contribution in [1.29, 1.82) is 0 Å². The molecule has 1 aromatic carbocycles. The highest BCUT2D eigenvalue weighted by Gasteiger charge is 2.32. The number of benzene rings is 1. The maximum Gasteiger partial charge on any atom is 0.256 e. The van der Waals surface area contributed by atoms with Crippen molar-refractivity contribution >= 4 is 22.7 Å². The minimum absolute atomic E-state index is 0.0632. The summed E-state index contributed by atoms with van der Waals surface area (Å²) >= 11 is 0. The number of likely N-dealkylation sites (N-methyl/N-ethyl adjacent to an activating group) is 1. The summed E-state index contributed by atoms with van der Waals surface area (Å²) in [7, 11) is 3.51. The topological polar surface area (TPSA) is 80.8 Å². The number of primary amides is 1. The normalized spacial score (nSPS) is 18.6. The molecule has 1 unspecified atom stereocenters. The van der Waals surface area contributed by atoms with Crippen LogP contribution in [0.2, 0.25) is 0 Å². The van der Waals surface area contributed by atoms with Gasteiger partial charge in [0.15, 0.2) is 0 Å². The van der Waals surface area contributed by atoms with Crippen LogP contribution in [0.15, 0.2) is 30.5 Å². The van der Waals surface area contributed by atoms with E-state index in [9.17, 15) is 9.59 Å². The van der Waals surface area contributed by atoms with E-state index in [-0.39, 0.29) is 5.91 Å². The summed E-state index contributed by atoms with van der Waals surface area (Å²) in [6.07, 6.45) is 1.88. The Hall–Kier alpha value is -2.38. The molecule has 3 rings (SSSR count). The highest BCUT2D eigenvalue weighted by atomic mass is 16.5. The van der Waals surface area contributed by atoms with Crippen LogP contribution < -0.4 is 5.73 Å². The van der Waals surface area contributed by atoms with E-state index in [1.54, 1.807) is 12.0 Å². The fraction of sp³-hybridized carbons (Fsp3) is 0.444. The van der Waals surface area contributed by atoms with Crippen LogP contribution in [0.25, 0.3) is 10.9 Å². The van der Waals surface area contributed by atoms with Gasteiger partial charge in [0, 0.05) is 50.4 Å². The smallest absolute Gasteiger partial charge is 0.256 e. The van der Waals surface area contributed by atoms with Crippen LogP contribution in [0.1, 0.15) is 10.4 Å². The van der Waals surface area contributed by atoms with Gasteiger partial charge in [-0.05, 0) is 13.1 Å². The van der Waals surface area contributed by atoms with Crippen molar-refractivity contribution in [3.63, 3.8) is 0 Å². The zero-order valence-corrected chi connectivity index (χ0v) is 14.6. The lowest BCUT2D eigenvalue weighted by atomic mass is 10.1. The van der Waals surface area contributed by atoms with Crippen molar-refractivity contribution in [3.05, 3.63) is 36.0 Å². The van der Waals surface area contributed by atoms with E-state index in [4.69, 9.17) is 10.5 Å². The third-order valence-electron chi connectivity index (χ3n) is 4.82. The summed E-state index contributed by atoms with van der Waals surface area (Å²) in [6.45, 7) is 2.78. The van der Waals surface area contributed by atoms with Crippen molar-refractivity contribution in [3.8, 4) is 0 Å². The number of para-hydroxylation sites is 1. The first-order chi connectivity index (χ1) is 12.0. The van der Waals surface area contributed by atoms with Crippen LogP contribution in [-0.4, -0.2) is 72.6 Å². The largest absolute Gasteiger partial charge is 0.383 e. The highest BCUT2D eigenvalue weighted by Crippen LogP contribution is 2.23. The molecule has 7 nitrogen and oxygen atoms in total. The second-order valence-corrected chi connectivity index (χ2v) is 6.40. The van der Waals surface area contributed by atoms with Crippen LogP contribution in [0.3, 0.4) is 0 Å². The van der Waals surface area contributed by atoms with Gasteiger partial charge >= 0.3 is 0 Å². The van der Waals surface area contributed by atoms with E-state index in [2.05, 4.69) is 0 Å². The number of nitrogens with two attached hydrogens (primary N) is 1. The highest BCUT2D eigenvalue weighted by molar-refractivity contribution is 6.07. The van der Waals surface area contributed by atoms with E-state index in [0.29, 0.717) is 38.3 Å². The Morgan fingerprint density at radius 2 is 2.04 bits per heavy atom. The summed E-state index contributed by atoms with van der Waals surface area (Å²) < 4.78 is 7.20. The molecule has 1 atom stereocenters. The Labute approximate surface area is 146 Å². The molecule has 0 spiro atoms. The SMILES string of the molecule is COCCn1cc(C(=O)N2CCN(C)C(C(N)=O)C2)c2ccccc21. The van der Waals surface area contributed by atoms with Crippen molar-refractivity contribution in [2.75, 3.05) is 40.4 Å². The fourth-order valence-corrected chi connectivity index (χ4v) is 3.33. The molecule has 0 bridgehead atoms. The first-order valence-corrected chi connectivity index (χ1v) is 8.38. The van der Waals surface area contributed by atoms with Crippen LogP contribution in [-0.2, 0) is 16.1 Å². The molecule has 2 N–H and O–H groups in total. The number of carbonyl (C=O) groups excluding carboxylic acids is 2. The first-order valence-electron chi connectivity index (χ1n) is 8.38. The van der Waals surface area contributed by atoms with Crippen LogP contribution in [0.5, 0.6) is 0 Å². The Bertz CT molecular complexity index is 786. The van der Waals surface area contributed by atoms with Crippen molar-refractivity contribution in [1.82, 2.24) is 14.4 Å². The molecule has 1 aromatic heterocycles. The molecule has 1 fully saturated rings. The van der Waals surface area contributed by atoms with E-state index < -0.39 is 11.9 Å². The van der Waals surface area contributed by atoms with Crippen LogP contribution in [0, 0.1) is 0 Å². The molecule has 134 valence electrons. The Kier molecular flexibility index (Phi) is 5.06. The van der Waals surface area contributed by atoms with Crippen molar-refractivity contribution in [2.24, 2.45) is 5.73 Å². The minimum Gasteiger partial charge on any atom is -0.383 e. The molecular formula is C18H24N4O3. The van der Waals surface area contributed by atoms with Gasteiger partial charge in [-0.1, -0.05) is 18.2 Å².